The molecule has 3 aromatic rings. The molecule has 24 heavy (non-hydrogen) atoms. The lowest BCUT2D eigenvalue weighted by Gasteiger charge is -2.11. The third-order valence-electron chi connectivity index (χ3n) is 3.33. The lowest BCUT2D eigenvalue weighted by atomic mass is 10.2. The summed E-state index contributed by atoms with van der Waals surface area (Å²) in [5, 5.41) is 6.09. The number of nitrogens with zero attached hydrogens (tertiary/aromatic N) is 3. The molecule has 6 heteroatoms. The topological polar surface area (TPSA) is 70.2 Å². The molecule has 0 unspecified atom stereocenters. The number of para-hydroxylation sites is 2. The lowest BCUT2D eigenvalue weighted by Crippen LogP contribution is -2.27. The van der Waals surface area contributed by atoms with Crippen molar-refractivity contribution in [1.29, 1.82) is 0 Å². The molecule has 122 valence electrons. The van der Waals surface area contributed by atoms with Crippen LogP contribution in [0.1, 0.15) is 0 Å². The number of benzene rings is 2. The first kappa shape index (κ1) is 15.9. The normalized spacial score (nSPS) is 10.8. The Labute approximate surface area is 140 Å². The van der Waals surface area contributed by atoms with E-state index in [4.69, 9.17) is 0 Å². The number of hydrogen-bond donors (Lipinski definition) is 2. The predicted octanol–water partition coefficient (Wildman–Crippen LogP) is 2.87. The van der Waals surface area contributed by atoms with Gasteiger partial charge in [0.2, 0.25) is 5.91 Å². The molecular formula is C18H19N5O. The maximum atomic E-state index is 11.8. The van der Waals surface area contributed by atoms with Gasteiger partial charge in [-0.25, -0.2) is 4.98 Å². The highest BCUT2D eigenvalue weighted by atomic mass is 16.2. The van der Waals surface area contributed by atoms with Crippen molar-refractivity contribution in [3.63, 3.8) is 0 Å². The first-order valence-electron chi connectivity index (χ1n) is 7.63. The average molecular weight is 321 g/mol. The smallest absolute Gasteiger partial charge is 0.238 e. The van der Waals surface area contributed by atoms with E-state index in [1.54, 1.807) is 6.20 Å². The molecule has 0 spiro atoms. The van der Waals surface area contributed by atoms with Gasteiger partial charge < -0.3 is 15.5 Å². The summed E-state index contributed by atoms with van der Waals surface area (Å²) in [5.74, 6) is 0.605. The first-order chi connectivity index (χ1) is 11.6. The van der Waals surface area contributed by atoms with Gasteiger partial charge in [0, 0.05) is 11.4 Å². The maximum absolute atomic E-state index is 11.8. The Bertz CT molecular complexity index is 863. The van der Waals surface area contributed by atoms with E-state index < -0.39 is 0 Å². The third kappa shape index (κ3) is 4.05. The molecule has 6 nitrogen and oxygen atoms in total. The quantitative estimate of drug-likeness (QED) is 0.756. The number of amides is 1. The van der Waals surface area contributed by atoms with Gasteiger partial charge in [-0.05, 0) is 44.4 Å². The van der Waals surface area contributed by atoms with Gasteiger partial charge in [-0.2, -0.15) is 0 Å². The molecule has 1 aromatic heterocycles. The van der Waals surface area contributed by atoms with Crippen molar-refractivity contribution in [1.82, 2.24) is 14.9 Å². The van der Waals surface area contributed by atoms with Gasteiger partial charge in [-0.1, -0.05) is 18.2 Å². The summed E-state index contributed by atoms with van der Waals surface area (Å²) in [4.78, 5) is 22.6. The summed E-state index contributed by atoms with van der Waals surface area (Å²) in [7, 11) is 3.71. The summed E-state index contributed by atoms with van der Waals surface area (Å²) >= 11 is 0. The molecule has 0 aliphatic rings. The second-order valence-electron chi connectivity index (χ2n) is 5.74. The van der Waals surface area contributed by atoms with Crippen LogP contribution < -0.4 is 10.6 Å². The van der Waals surface area contributed by atoms with Gasteiger partial charge in [0.15, 0.2) is 0 Å². The summed E-state index contributed by atoms with van der Waals surface area (Å²) in [6.45, 7) is 0.341. The number of hydrogen-bond acceptors (Lipinski definition) is 5. The Morgan fingerprint density at radius 1 is 1.04 bits per heavy atom. The first-order valence-corrected chi connectivity index (χ1v) is 7.63. The number of fused-ring (bicyclic) bond motifs is 1. The fraction of sp³-hybridized carbons (Fsp3) is 0.167. The molecule has 0 aliphatic heterocycles. The van der Waals surface area contributed by atoms with Crippen LogP contribution in [0.25, 0.3) is 11.0 Å². The van der Waals surface area contributed by atoms with Crippen molar-refractivity contribution in [2.45, 2.75) is 0 Å². The summed E-state index contributed by atoms with van der Waals surface area (Å²) < 4.78 is 0. The van der Waals surface area contributed by atoms with E-state index in [9.17, 15) is 4.79 Å². The van der Waals surface area contributed by atoms with E-state index in [0.29, 0.717) is 12.4 Å². The fourth-order valence-corrected chi connectivity index (χ4v) is 2.33. The Kier molecular flexibility index (Phi) is 4.67. The number of anilines is 3. The molecule has 1 heterocycles. The highest BCUT2D eigenvalue weighted by Gasteiger charge is 2.05. The number of nitrogens with one attached hydrogen (secondary N) is 2. The van der Waals surface area contributed by atoms with Crippen molar-refractivity contribution >= 4 is 34.1 Å². The second kappa shape index (κ2) is 7.06. The summed E-state index contributed by atoms with van der Waals surface area (Å²) in [6.07, 6.45) is 1.69. The summed E-state index contributed by atoms with van der Waals surface area (Å²) in [5.41, 5.74) is 3.26. The van der Waals surface area contributed by atoms with Crippen LogP contribution in [0.5, 0.6) is 0 Å². The van der Waals surface area contributed by atoms with Crippen LogP contribution in [0, 0.1) is 0 Å². The van der Waals surface area contributed by atoms with E-state index in [1.165, 1.54) is 0 Å². The molecule has 0 saturated heterocycles. The van der Waals surface area contributed by atoms with E-state index in [2.05, 4.69) is 20.6 Å². The van der Waals surface area contributed by atoms with Crippen LogP contribution in [-0.4, -0.2) is 41.4 Å². The molecule has 2 aromatic carbocycles. The highest BCUT2D eigenvalue weighted by molar-refractivity contribution is 5.92. The Balaban J connectivity index is 1.74. The van der Waals surface area contributed by atoms with Gasteiger partial charge in [0.25, 0.3) is 0 Å². The van der Waals surface area contributed by atoms with Crippen LogP contribution in [0.2, 0.25) is 0 Å². The molecule has 0 radical (unpaired) electrons. The van der Waals surface area contributed by atoms with Gasteiger partial charge >= 0.3 is 0 Å². The van der Waals surface area contributed by atoms with Crippen molar-refractivity contribution in [3.8, 4) is 0 Å². The van der Waals surface area contributed by atoms with Crippen LogP contribution >= 0.6 is 0 Å². The van der Waals surface area contributed by atoms with E-state index in [0.717, 1.165) is 22.4 Å². The number of aromatic nitrogens is 2. The molecular weight excluding hydrogens is 302 g/mol. The Hall–Kier alpha value is -2.99. The Morgan fingerprint density at radius 3 is 2.58 bits per heavy atom. The van der Waals surface area contributed by atoms with Gasteiger partial charge in [0.1, 0.15) is 5.82 Å². The van der Waals surface area contributed by atoms with Crippen LogP contribution in [0.3, 0.4) is 0 Å². The number of rotatable bonds is 5. The summed E-state index contributed by atoms with van der Waals surface area (Å²) in [6, 6.07) is 15.2. The zero-order chi connectivity index (χ0) is 16.9. The van der Waals surface area contributed by atoms with Crippen LogP contribution in [0.15, 0.2) is 54.7 Å². The standard InChI is InChI=1S/C18H19N5O/c1-23(2)12-18(24)21-14-7-5-6-13(10-14)20-17-11-19-15-8-3-4-9-16(15)22-17/h3-11H,12H2,1-2H3,(H,20,22)(H,21,24). The van der Waals surface area contributed by atoms with E-state index in [-0.39, 0.29) is 5.91 Å². The molecule has 0 aliphatic carbocycles. The average Bonchev–Trinajstić information content (AvgIpc) is 2.54. The molecule has 0 bridgehead atoms. The van der Waals surface area contributed by atoms with Gasteiger partial charge in [0.05, 0.1) is 23.8 Å². The zero-order valence-corrected chi connectivity index (χ0v) is 13.7. The predicted molar refractivity (Wildman–Crippen MR) is 96.4 cm³/mol. The van der Waals surface area contributed by atoms with Crippen molar-refractivity contribution < 1.29 is 4.79 Å². The minimum absolute atomic E-state index is 0.0531. The molecule has 2 N–H and O–H groups in total. The number of carbonyl (C=O) groups excluding carboxylic acids is 1. The molecule has 3 rings (SSSR count). The van der Waals surface area contributed by atoms with E-state index in [1.807, 2.05) is 67.5 Å². The minimum Gasteiger partial charge on any atom is -0.339 e. The molecule has 0 atom stereocenters. The monoisotopic (exact) mass is 321 g/mol. The van der Waals surface area contributed by atoms with Gasteiger partial charge in [-0.3, -0.25) is 9.78 Å². The molecule has 1 amide bonds. The van der Waals surface area contributed by atoms with Crippen LogP contribution in [-0.2, 0) is 4.79 Å². The minimum atomic E-state index is -0.0531. The highest BCUT2D eigenvalue weighted by Crippen LogP contribution is 2.20. The van der Waals surface area contributed by atoms with Crippen molar-refractivity contribution in [2.75, 3.05) is 31.3 Å². The maximum Gasteiger partial charge on any atom is 0.238 e. The SMILES string of the molecule is CN(C)CC(=O)Nc1cccc(Nc2cnc3ccccc3n2)c1. The lowest BCUT2D eigenvalue weighted by molar-refractivity contribution is -0.116. The van der Waals surface area contributed by atoms with Crippen molar-refractivity contribution in [2.24, 2.45) is 0 Å². The zero-order valence-electron chi connectivity index (χ0n) is 13.7. The molecule has 0 fully saturated rings. The van der Waals surface area contributed by atoms with E-state index >= 15 is 0 Å². The van der Waals surface area contributed by atoms with Gasteiger partial charge in [-0.15, -0.1) is 0 Å². The van der Waals surface area contributed by atoms with Crippen molar-refractivity contribution in [3.05, 3.63) is 54.7 Å². The largest absolute Gasteiger partial charge is 0.339 e. The number of likely N-dealkylation sites (N-methyl/N-ethyl adjacent to an activating group) is 1. The fourth-order valence-electron chi connectivity index (χ4n) is 2.33. The Morgan fingerprint density at radius 2 is 1.79 bits per heavy atom. The van der Waals surface area contributed by atoms with Crippen LogP contribution in [0.4, 0.5) is 17.2 Å². The molecule has 0 saturated carbocycles. The second-order valence-corrected chi connectivity index (χ2v) is 5.74. The third-order valence-corrected chi connectivity index (χ3v) is 3.33. The number of carbonyl (C=O) groups is 1.